The monoisotopic (exact) mass is 298 g/mol. The first-order valence-corrected chi connectivity index (χ1v) is 6.85. The Balaban J connectivity index is 2.37. The van der Waals surface area contributed by atoms with Crippen LogP contribution in [0.1, 0.15) is 18.9 Å². The zero-order valence-corrected chi connectivity index (χ0v) is 12.4. The highest BCUT2D eigenvalue weighted by Gasteiger charge is 2.13. The molecule has 0 aliphatic heterocycles. The highest BCUT2D eigenvalue weighted by atomic mass is 35.5. The Morgan fingerprint density at radius 3 is 2.70 bits per heavy atom. The van der Waals surface area contributed by atoms with Gasteiger partial charge in [0.05, 0.1) is 0 Å². The molecule has 0 radical (unpaired) electrons. The van der Waals surface area contributed by atoms with Crippen molar-refractivity contribution in [3.8, 4) is 0 Å². The van der Waals surface area contributed by atoms with E-state index >= 15 is 0 Å². The molecule has 20 heavy (non-hydrogen) atoms. The molecule has 110 valence electrons. The molecule has 0 saturated carbocycles. The quantitative estimate of drug-likeness (QED) is 0.624. The smallest absolute Gasteiger partial charge is 0.313 e. The van der Waals surface area contributed by atoms with Gasteiger partial charge in [0.2, 0.25) is 0 Å². The number of amides is 2. The van der Waals surface area contributed by atoms with Crippen LogP contribution in [-0.4, -0.2) is 31.6 Å². The molecule has 2 amide bonds. The van der Waals surface area contributed by atoms with Gasteiger partial charge in [-0.25, -0.2) is 0 Å². The third-order valence-corrected chi connectivity index (χ3v) is 3.00. The average molecular weight is 299 g/mol. The molecule has 0 spiro atoms. The maximum absolute atomic E-state index is 11.6. The van der Waals surface area contributed by atoms with E-state index in [0.717, 1.165) is 5.56 Å². The fraction of sp³-hybridized carbons (Fsp3) is 0.429. The van der Waals surface area contributed by atoms with Crippen LogP contribution in [0, 0.1) is 6.92 Å². The highest BCUT2D eigenvalue weighted by molar-refractivity contribution is 6.39. The standard InChI is InChI=1S/C14H19ClN2O3/c1-3-20-8-4-7-16-13(18)14(19)17-11-6-5-10(2)12(15)9-11/h5-6,9H,3-4,7-8H2,1-2H3,(H,16,18)(H,17,19). The average Bonchev–Trinajstić information content (AvgIpc) is 2.42. The van der Waals surface area contributed by atoms with Gasteiger partial charge in [0, 0.05) is 30.5 Å². The van der Waals surface area contributed by atoms with Crippen molar-refractivity contribution in [1.29, 1.82) is 0 Å². The minimum absolute atomic E-state index is 0.404. The zero-order valence-electron chi connectivity index (χ0n) is 11.7. The molecule has 1 aromatic carbocycles. The SMILES string of the molecule is CCOCCCNC(=O)C(=O)Nc1ccc(C)c(Cl)c1. The zero-order chi connectivity index (χ0) is 15.0. The summed E-state index contributed by atoms with van der Waals surface area (Å²) in [4.78, 5) is 23.2. The van der Waals surface area contributed by atoms with Gasteiger partial charge in [-0.2, -0.15) is 0 Å². The number of hydrogen-bond donors (Lipinski definition) is 2. The number of benzene rings is 1. The van der Waals surface area contributed by atoms with Crippen LogP contribution in [0.4, 0.5) is 5.69 Å². The predicted octanol–water partition coefficient (Wildman–Crippen LogP) is 2.13. The summed E-state index contributed by atoms with van der Waals surface area (Å²) in [6, 6.07) is 5.08. The molecule has 0 fully saturated rings. The fourth-order valence-corrected chi connectivity index (χ4v) is 1.64. The predicted molar refractivity (Wildman–Crippen MR) is 78.9 cm³/mol. The van der Waals surface area contributed by atoms with E-state index in [1.807, 2.05) is 13.8 Å². The number of halogens is 1. The fourth-order valence-electron chi connectivity index (χ4n) is 1.46. The van der Waals surface area contributed by atoms with E-state index in [2.05, 4.69) is 10.6 Å². The van der Waals surface area contributed by atoms with Crippen molar-refractivity contribution in [3.05, 3.63) is 28.8 Å². The molecule has 1 aromatic rings. The second-order valence-corrected chi connectivity index (χ2v) is 4.63. The first-order chi connectivity index (χ1) is 9.54. The number of hydrogen-bond acceptors (Lipinski definition) is 3. The number of anilines is 1. The second kappa shape index (κ2) is 8.55. The van der Waals surface area contributed by atoms with E-state index in [4.69, 9.17) is 16.3 Å². The van der Waals surface area contributed by atoms with Crippen LogP contribution in [0.25, 0.3) is 0 Å². The highest BCUT2D eigenvalue weighted by Crippen LogP contribution is 2.19. The largest absolute Gasteiger partial charge is 0.382 e. The first-order valence-electron chi connectivity index (χ1n) is 6.47. The Morgan fingerprint density at radius 2 is 2.05 bits per heavy atom. The van der Waals surface area contributed by atoms with Gasteiger partial charge in [-0.1, -0.05) is 17.7 Å². The summed E-state index contributed by atoms with van der Waals surface area (Å²) in [5.41, 5.74) is 1.40. The van der Waals surface area contributed by atoms with Crippen molar-refractivity contribution >= 4 is 29.1 Å². The third kappa shape index (κ3) is 5.59. The van der Waals surface area contributed by atoms with Crippen LogP contribution in [-0.2, 0) is 14.3 Å². The molecule has 2 N–H and O–H groups in total. The summed E-state index contributed by atoms with van der Waals surface area (Å²) in [6.07, 6.45) is 0.670. The van der Waals surface area contributed by atoms with Crippen LogP contribution >= 0.6 is 11.6 Å². The Labute approximate surface area is 123 Å². The van der Waals surface area contributed by atoms with Crippen LogP contribution in [0.3, 0.4) is 0 Å². The summed E-state index contributed by atoms with van der Waals surface area (Å²) in [5.74, 6) is -1.38. The molecule has 0 aromatic heterocycles. The van der Waals surface area contributed by atoms with Crippen LogP contribution in [0.2, 0.25) is 5.02 Å². The van der Waals surface area contributed by atoms with Crippen LogP contribution in [0.15, 0.2) is 18.2 Å². The lowest BCUT2D eigenvalue weighted by Crippen LogP contribution is -2.36. The second-order valence-electron chi connectivity index (χ2n) is 4.22. The van der Waals surface area contributed by atoms with Crippen molar-refractivity contribution in [2.24, 2.45) is 0 Å². The first kappa shape index (κ1) is 16.5. The number of carbonyl (C=O) groups is 2. The number of ether oxygens (including phenoxy) is 1. The number of rotatable bonds is 6. The molecule has 5 nitrogen and oxygen atoms in total. The number of aryl methyl sites for hydroxylation is 1. The molecule has 0 heterocycles. The molecule has 0 aliphatic carbocycles. The summed E-state index contributed by atoms with van der Waals surface area (Å²) in [6.45, 7) is 5.37. The summed E-state index contributed by atoms with van der Waals surface area (Å²) in [7, 11) is 0. The lowest BCUT2D eigenvalue weighted by Gasteiger charge is -2.07. The van der Waals surface area contributed by atoms with Crippen molar-refractivity contribution in [2.45, 2.75) is 20.3 Å². The van der Waals surface area contributed by atoms with E-state index in [1.165, 1.54) is 0 Å². The number of nitrogens with one attached hydrogen (secondary N) is 2. The normalized spacial score (nSPS) is 10.2. The molecular weight excluding hydrogens is 280 g/mol. The topological polar surface area (TPSA) is 67.4 Å². The van der Waals surface area contributed by atoms with Gasteiger partial charge in [0.15, 0.2) is 0 Å². The van der Waals surface area contributed by atoms with Crippen molar-refractivity contribution in [2.75, 3.05) is 25.1 Å². The summed E-state index contributed by atoms with van der Waals surface area (Å²) < 4.78 is 5.13. The maximum atomic E-state index is 11.6. The Morgan fingerprint density at radius 1 is 1.30 bits per heavy atom. The third-order valence-electron chi connectivity index (χ3n) is 2.59. The minimum atomic E-state index is -0.707. The molecule has 0 unspecified atom stereocenters. The molecule has 0 atom stereocenters. The molecule has 6 heteroatoms. The summed E-state index contributed by atoms with van der Waals surface area (Å²) in [5, 5.41) is 5.56. The van der Waals surface area contributed by atoms with Gasteiger partial charge in [0.25, 0.3) is 0 Å². The number of carbonyl (C=O) groups excluding carboxylic acids is 2. The van der Waals surface area contributed by atoms with Gasteiger partial charge in [-0.3, -0.25) is 9.59 Å². The van der Waals surface area contributed by atoms with Crippen molar-refractivity contribution < 1.29 is 14.3 Å². The molecule has 0 bridgehead atoms. The van der Waals surface area contributed by atoms with Crippen molar-refractivity contribution in [3.63, 3.8) is 0 Å². The summed E-state index contributed by atoms with van der Waals surface area (Å²) >= 11 is 5.94. The van der Waals surface area contributed by atoms with Gasteiger partial charge in [-0.15, -0.1) is 0 Å². The van der Waals surface area contributed by atoms with Gasteiger partial charge in [0.1, 0.15) is 0 Å². The molecular formula is C14H19ClN2O3. The van der Waals surface area contributed by atoms with E-state index in [-0.39, 0.29) is 0 Å². The van der Waals surface area contributed by atoms with E-state index in [0.29, 0.717) is 36.9 Å². The van der Waals surface area contributed by atoms with Gasteiger partial charge < -0.3 is 15.4 Å². The van der Waals surface area contributed by atoms with E-state index < -0.39 is 11.8 Å². The van der Waals surface area contributed by atoms with E-state index in [1.54, 1.807) is 18.2 Å². The van der Waals surface area contributed by atoms with E-state index in [9.17, 15) is 9.59 Å². The van der Waals surface area contributed by atoms with Crippen LogP contribution in [0.5, 0.6) is 0 Å². The van der Waals surface area contributed by atoms with Crippen molar-refractivity contribution in [1.82, 2.24) is 5.32 Å². The maximum Gasteiger partial charge on any atom is 0.313 e. The minimum Gasteiger partial charge on any atom is -0.382 e. The lowest BCUT2D eigenvalue weighted by atomic mass is 10.2. The Hall–Kier alpha value is -1.59. The molecule has 1 rings (SSSR count). The van der Waals surface area contributed by atoms with Crippen LogP contribution < -0.4 is 10.6 Å². The van der Waals surface area contributed by atoms with Gasteiger partial charge >= 0.3 is 11.8 Å². The Bertz CT molecular complexity index is 477. The molecule has 0 saturated heterocycles. The Kier molecular flexibility index (Phi) is 7.04. The lowest BCUT2D eigenvalue weighted by molar-refractivity contribution is -0.136. The van der Waals surface area contributed by atoms with Gasteiger partial charge in [-0.05, 0) is 38.0 Å². The molecule has 0 aliphatic rings.